The Morgan fingerprint density at radius 1 is 0.938 bits per heavy atom. The van der Waals surface area contributed by atoms with Gasteiger partial charge in [0.2, 0.25) is 15.9 Å². The highest BCUT2D eigenvalue weighted by Crippen LogP contribution is 2.29. The molecule has 0 bridgehead atoms. The van der Waals surface area contributed by atoms with Crippen LogP contribution >= 0.6 is 0 Å². The average Bonchev–Trinajstić information content (AvgIpc) is 2.79. The van der Waals surface area contributed by atoms with Gasteiger partial charge in [-0.2, -0.15) is 4.72 Å². The van der Waals surface area contributed by atoms with Crippen LogP contribution in [0.25, 0.3) is 0 Å². The third-order valence-corrected chi connectivity index (χ3v) is 6.38. The van der Waals surface area contributed by atoms with Crippen LogP contribution in [0, 0.1) is 6.92 Å². The monoisotopic (exact) mass is 454 g/mol. The highest BCUT2D eigenvalue weighted by atomic mass is 32.2. The summed E-state index contributed by atoms with van der Waals surface area (Å²) in [5.41, 5.74) is 2.17. The Bertz CT molecular complexity index is 1160. The molecule has 0 aliphatic rings. The maximum Gasteiger partial charge on any atom is 0.243 e. The number of carbonyl (C=O) groups excluding carboxylic acids is 1. The van der Waals surface area contributed by atoms with Crippen LogP contribution in [0.3, 0.4) is 0 Å². The fourth-order valence-electron chi connectivity index (χ4n) is 3.13. The van der Waals surface area contributed by atoms with E-state index in [1.165, 1.54) is 26.4 Å². The summed E-state index contributed by atoms with van der Waals surface area (Å²) >= 11 is 0. The molecule has 1 amide bonds. The van der Waals surface area contributed by atoms with Crippen LogP contribution in [0.2, 0.25) is 0 Å². The highest BCUT2D eigenvalue weighted by molar-refractivity contribution is 7.89. The number of amides is 1. The number of anilines is 1. The second-order valence-electron chi connectivity index (χ2n) is 7.23. The second-order valence-corrected chi connectivity index (χ2v) is 8.95. The summed E-state index contributed by atoms with van der Waals surface area (Å²) in [4.78, 5) is 13.3. The van der Waals surface area contributed by atoms with Crippen LogP contribution in [0.1, 0.15) is 11.1 Å². The van der Waals surface area contributed by atoms with E-state index < -0.39 is 22.0 Å². The number of aryl methyl sites for hydroxylation is 1. The first-order valence-electron chi connectivity index (χ1n) is 9.98. The number of benzene rings is 3. The molecular formula is C24H26N2O5S. The van der Waals surface area contributed by atoms with Crippen molar-refractivity contribution in [3.8, 4) is 11.5 Å². The van der Waals surface area contributed by atoms with Gasteiger partial charge in [-0.3, -0.25) is 4.79 Å². The summed E-state index contributed by atoms with van der Waals surface area (Å²) in [6, 6.07) is 19.6. The first kappa shape index (κ1) is 23.3. The van der Waals surface area contributed by atoms with Crippen molar-refractivity contribution >= 4 is 21.6 Å². The van der Waals surface area contributed by atoms with E-state index in [0.29, 0.717) is 17.2 Å². The van der Waals surface area contributed by atoms with Crippen molar-refractivity contribution in [1.29, 1.82) is 0 Å². The summed E-state index contributed by atoms with van der Waals surface area (Å²) < 4.78 is 39.0. The molecule has 0 saturated carbocycles. The Labute approximate surface area is 188 Å². The average molecular weight is 455 g/mol. The van der Waals surface area contributed by atoms with Gasteiger partial charge in [-0.05, 0) is 43.2 Å². The van der Waals surface area contributed by atoms with Gasteiger partial charge in [-0.15, -0.1) is 0 Å². The molecule has 3 aromatic rings. The van der Waals surface area contributed by atoms with Crippen molar-refractivity contribution in [2.75, 3.05) is 19.5 Å². The van der Waals surface area contributed by atoms with Gasteiger partial charge in [0.1, 0.15) is 17.5 Å². The van der Waals surface area contributed by atoms with Crippen LogP contribution in [0.4, 0.5) is 5.69 Å². The SMILES string of the molecule is COc1ccc(NC(=O)[C@@H](Cc2ccccc2)NS(=O)(=O)c2ccc(C)cc2)c(OC)c1. The molecule has 3 rings (SSSR count). The quantitative estimate of drug-likeness (QED) is 0.516. The van der Waals surface area contributed by atoms with Crippen LogP contribution in [-0.4, -0.2) is 34.6 Å². The number of sulfonamides is 1. The molecule has 0 radical (unpaired) electrons. The maximum atomic E-state index is 13.2. The molecule has 3 aromatic carbocycles. The first-order chi connectivity index (χ1) is 15.3. The topological polar surface area (TPSA) is 93.7 Å². The zero-order valence-electron chi connectivity index (χ0n) is 18.2. The lowest BCUT2D eigenvalue weighted by molar-refractivity contribution is -0.117. The molecule has 7 nitrogen and oxygen atoms in total. The van der Waals surface area contributed by atoms with Crippen molar-refractivity contribution in [3.05, 3.63) is 83.9 Å². The van der Waals surface area contributed by atoms with E-state index in [1.807, 2.05) is 37.3 Å². The Morgan fingerprint density at radius 3 is 2.25 bits per heavy atom. The van der Waals surface area contributed by atoms with E-state index in [9.17, 15) is 13.2 Å². The van der Waals surface area contributed by atoms with E-state index in [-0.39, 0.29) is 11.3 Å². The Kier molecular flexibility index (Phi) is 7.50. The molecule has 2 N–H and O–H groups in total. The number of methoxy groups -OCH3 is 2. The van der Waals surface area contributed by atoms with Gasteiger partial charge in [0.25, 0.3) is 0 Å². The molecule has 8 heteroatoms. The lowest BCUT2D eigenvalue weighted by Gasteiger charge is -2.20. The predicted molar refractivity (Wildman–Crippen MR) is 124 cm³/mol. The molecule has 0 aliphatic carbocycles. The van der Waals surface area contributed by atoms with Gasteiger partial charge < -0.3 is 14.8 Å². The molecule has 0 aliphatic heterocycles. The number of nitrogens with one attached hydrogen (secondary N) is 2. The van der Waals surface area contributed by atoms with E-state index in [2.05, 4.69) is 10.0 Å². The van der Waals surface area contributed by atoms with Crippen molar-refractivity contribution < 1.29 is 22.7 Å². The second kappa shape index (κ2) is 10.3. The molecule has 0 fully saturated rings. The zero-order chi connectivity index (χ0) is 23.1. The summed E-state index contributed by atoms with van der Waals surface area (Å²) in [7, 11) is -0.913. The summed E-state index contributed by atoms with van der Waals surface area (Å²) in [5, 5.41) is 2.77. The summed E-state index contributed by atoms with van der Waals surface area (Å²) in [6.45, 7) is 1.87. The molecule has 168 valence electrons. The summed E-state index contributed by atoms with van der Waals surface area (Å²) in [5.74, 6) is 0.464. The predicted octanol–water partition coefficient (Wildman–Crippen LogP) is 3.54. The minimum absolute atomic E-state index is 0.0935. The molecule has 0 heterocycles. The van der Waals surface area contributed by atoms with Gasteiger partial charge in [0, 0.05) is 6.07 Å². The molecule has 32 heavy (non-hydrogen) atoms. The smallest absolute Gasteiger partial charge is 0.243 e. The molecule has 0 saturated heterocycles. The highest BCUT2D eigenvalue weighted by Gasteiger charge is 2.27. The lowest BCUT2D eigenvalue weighted by Crippen LogP contribution is -2.45. The number of hydrogen-bond acceptors (Lipinski definition) is 5. The van der Waals surface area contributed by atoms with E-state index >= 15 is 0 Å². The third-order valence-electron chi connectivity index (χ3n) is 4.89. The Morgan fingerprint density at radius 2 is 1.62 bits per heavy atom. The minimum atomic E-state index is -3.92. The third kappa shape index (κ3) is 5.87. The summed E-state index contributed by atoms with van der Waals surface area (Å²) in [6.07, 6.45) is 0.177. The van der Waals surface area contributed by atoms with E-state index in [1.54, 1.807) is 30.3 Å². The van der Waals surface area contributed by atoms with Crippen molar-refractivity contribution in [2.45, 2.75) is 24.3 Å². The number of hydrogen-bond donors (Lipinski definition) is 2. The van der Waals surface area contributed by atoms with Gasteiger partial charge in [0.15, 0.2) is 0 Å². The standard InChI is InChI=1S/C24H26N2O5S/c1-17-9-12-20(13-10-17)32(28,29)26-22(15-18-7-5-4-6-8-18)24(27)25-21-14-11-19(30-2)16-23(21)31-3/h4-14,16,22,26H,15H2,1-3H3,(H,25,27)/t22-/m1/s1. The Balaban J connectivity index is 1.88. The Hall–Kier alpha value is -3.36. The molecule has 1 atom stereocenters. The van der Waals surface area contributed by atoms with Crippen molar-refractivity contribution in [2.24, 2.45) is 0 Å². The molecule has 0 aromatic heterocycles. The van der Waals surface area contributed by atoms with Crippen molar-refractivity contribution in [3.63, 3.8) is 0 Å². The molecular weight excluding hydrogens is 428 g/mol. The number of rotatable bonds is 9. The number of carbonyl (C=O) groups is 1. The fraction of sp³-hybridized carbons (Fsp3) is 0.208. The fourth-order valence-corrected chi connectivity index (χ4v) is 4.33. The first-order valence-corrected chi connectivity index (χ1v) is 11.5. The van der Waals surface area contributed by atoms with E-state index in [4.69, 9.17) is 9.47 Å². The molecule has 0 unspecified atom stereocenters. The normalized spacial score (nSPS) is 12.1. The largest absolute Gasteiger partial charge is 0.497 e. The van der Waals surface area contributed by atoms with Crippen LogP contribution in [0.5, 0.6) is 11.5 Å². The van der Waals surface area contributed by atoms with Crippen LogP contribution in [-0.2, 0) is 21.2 Å². The lowest BCUT2D eigenvalue weighted by atomic mass is 10.1. The van der Waals surface area contributed by atoms with Crippen LogP contribution in [0.15, 0.2) is 77.7 Å². The van der Waals surface area contributed by atoms with Gasteiger partial charge in [-0.1, -0.05) is 48.0 Å². The minimum Gasteiger partial charge on any atom is -0.497 e. The van der Waals surface area contributed by atoms with Gasteiger partial charge >= 0.3 is 0 Å². The zero-order valence-corrected chi connectivity index (χ0v) is 19.0. The van der Waals surface area contributed by atoms with Crippen molar-refractivity contribution in [1.82, 2.24) is 4.72 Å². The number of ether oxygens (including phenoxy) is 2. The maximum absolute atomic E-state index is 13.2. The van der Waals surface area contributed by atoms with Crippen LogP contribution < -0.4 is 19.5 Å². The van der Waals surface area contributed by atoms with E-state index in [0.717, 1.165) is 11.1 Å². The van der Waals surface area contributed by atoms with Gasteiger partial charge in [-0.25, -0.2) is 8.42 Å². The van der Waals surface area contributed by atoms with Gasteiger partial charge in [0.05, 0.1) is 24.8 Å². The molecule has 0 spiro atoms.